The van der Waals surface area contributed by atoms with E-state index in [0.29, 0.717) is 26.1 Å². The average Bonchev–Trinajstić information content (AvgIpc) is 2.74. The maximum Gasteiger partial charge on any atom is 0.334 e. The van der Waals surface area contributed by atoms with Crippen LogP contribution in [-0.2, 0) is 24.2 Å². The first-order valence-corrected chi connectivity index (χ1v) is 11.2. The van der Waals surface area contributed by atoms with Gasteiger partial charge in [-0.1, -0.05) is 12.1 Å². The number of nitro groups is 1. The van der Waals surface area contributed by atoms with Gasteiger partial charge in [-0.2, -0.15) is 0 Å². The number of aromatic nitrogens is 1. The fourth-order valence-corrected chi connectivity index (χ4v) is 5.39. The Morgan fingerprint density at radius 3 is 2.81 bits per heavy atom. The fourth-order valence-electron chi connectivity index (χ4n) is 5.39. The second-order valence-electron chi connectivity index (χ2n) is 9.89. The molecule has 1 saturated heterocycles. The van der Waals surface area contributed by atoms with Crippen LogP contribution in [0.3, 0.4) is 0 Å². The molecular weight excluding hydrogens is 410 g/mol. The van der Waals surface area contributed by atoms with E-state index in [1.807, 2.05) is 17.0 Å². The molecule has 1 fully saturated rings. The summed E-state index contributed by atoms with van der Waals surface area (Å²) < 4.78 is 7.59. The van der Waals surface area contributed by atoms with Gasteiger partial charge in [-0.15, -0.1) is 0 Å². The first-order valence-electron chi connectivity index (χ1n) is 11.2. The Morgan fingerprint density at radius 2 is 2.03 bits per heavy atom. The third-order valence-corrected chi connectivity index (χ3v) is 7.00. The molecule has 0 N–H and O–H groups in total. The van der Waals surface area contributed by atoms with Crippen LogP contribution in [0.4, 0.5) is 5.69 Å². The first kappa shape index (κ1) is 20.7. The number of rotatable bonds is 3. The zero-order valence-corrected chi connectivity index (χ0v) is 18.4. The number of piperidine rings is 1. The molecule has 2 unspecified atom stereocenters. The number of fused-ring (bicyclic) bond motifs is 5. The van der Waals surface area contributed by atoms with Crippen molar-refractivity contribution in [3.8, 4) is 5.75 Å². The monoisotopic (exact) mass is 437 g/mol. The number of likely N-dealkylation sites (tertiary alicyclic amines) is 1. The lowest BCUT2D eigenvalue weighted by Crippen LogP contribution is -2.49. The van der Waals surface area contributed by atoms with E-state index >= 15 is 0 Å². The Morgan fingerprint density at radius 1 is 1.22 bits per heavy atom. The quantitative estimate of drug-likeness (QED) is 0.543. The number of aryl methyl sites for hydroxylation is 1. The van der Waals surface area contributed by atoms with Crippen molar-refractivity contribution in [1.29, 1.82) is 0 Å². The summed E-state index contributed by atoms with van der Waals surface area (Å²) in [4.78, 5) is 38.1. The molecule has 5 rings (SSSR count). The van der Waals surface area contributed by atoms with E-state index < -0.39 is 10.5 Å². The molecule has 1 aromatic heterocycles. The van der Waals surface area contributed by atoms with E-state index in [1.165, 1.54) is 6.07 Å². The normalized spacial score (nSPS) is 23.0. The number of benzene rings is 1. The van der Waals surface area contributed by atoms with Gasteiger partial charge in [-0.3, -0.25) is 19.7 Å². The lowest BCUT2D eigenvalue weighted by Gasteiger charge is -2.42. The van der Waals surface area contributed by atoms with Crippen LogP contribution in [0, 0.1) is 16.0 Å². The smallest absolute Gasteiger partial charge is 0.334 e. The summed E-state index contributed by atoms with van der Waals surface area (Å²) >= 11 is 0. The highest BCUT2D eigenvalue weighted by Crippen LogP contribution is 2.36. The molecule has 8 heteroatoms. The Bertz CT molecular complexity index is 1170. The van der Waals surface area contributed by atoms with Gasteiger partial charge in [0.05, 0.1) is 11.3 Å². The summed E-state index contributed by atoms with van der Waals surface area (Å²) in [6.07, 6.45) is 3.12. The molecule has 3 aliphatic heterocycles. The molecule has 2 aromatic rings. The van der Waals surface area contributed by atoms with Crippen LogP contribution >= 0.6 is 0 Å². The topological polar surface area (TPSA) is 94.7 Å². The van der Waals surface area contributed by atoms with Crippen LogP contribution in [0.15, 0.2) is 35.1 Å². The molecule has 1 amide bonds. The van der Waals surface area contributed by atoms with E-state index in [-0.39, 0.29) is 29.0 Å². The predicted molar refractivity (Wildman–Crippen MR) is 118 cm³/mol. The SMILES string of the molecule is CC1(C)CCc2cc(CC(=O)N3CC4CC(C3)c3ccc([N+](=O)[O-])c(=O)n3C4)ccc2O1. The molecule has 2 atom stereocenters. The molecule has 0 spiro atoms. The van der Waals surface area contributed by atoms with Crippen LogP contribution in [-0.4, -0.2) is 39.0 Å². The molecule has 1 aromatic carbocycles. The minimum absolute atomic E-state index is 0.0270. The zero-order chi connectivity index (χ0) is 22.6. The summed E-state index contributed by atoms with van der Waals surface area (Å²) in [5.41, 5.74) is 1.85. The zero-order valence-electron chi connectivity index (χ0n) is 18.4. The molecule has 0 radical (unpaired) electrons. The maximum absolute atomic E-state index is 13.1. The van der Waals surface area contributed by atoms with Crippen molar-refractivity contribution < 1.29 is 14.5 Å². The van der Waals surface area contributed by atoms with E-state index in [4.69, 9.17) is 4.74 Å². The van der Waals surface area contributed by atoms with Gasteiger partial charge >= 0.3 is 11.2 Å². The first-order chi connectivity index (χ1) is 15.2. The van der Waals surface area contributed by atoms with Crippen molar-refractivity contribution in [3.63, 3.8) is 0 Å². The van der Waals surface area contributed by atoms with Gasteiger partial charge < -0.3 is 14.2 Å². The molecule has 3 aliphatic rings. The molecule has 32 heavy (non-hydrogen) atoms. The van der Waals surface area contributed by atoms with E-state index in [2.05, 4.69) is 19.9 Å². The molecule has 8 nitrogen and oxygen atoms in total. The standard InChI is InChI=1S/C24H27N3O5/c1-24(2)8-7-17-9-15(3-6-21(17)32-24)11-22(28)25-12-16-10-18(14-25)19-4-5-20(27(30)31)23(29)26(19)13-16/h3-6,9,16,18H,7-8,10-14H2,1-2H3. The van der Waals surface area contributed by atoms with Crippen molar-refractivity contribution in [2.45, 2.75) is 57.6 Å². The predicted octanol–water partition coefficient (Wildman–Crippen LogP) is 3.05. The lowest BCUT2D eigenvalue weighted by atomic mass is 9.83. The minimum atomic E-state index is -0.625. The van der Waals surface area contributed by atoms with Gasteiger partial charge in [0, 0.05) is 37.3 Å². The summed E-state index contributed by atoms with van der Waals surface area (Å²) in [7, 11) is 0. The Labute approximate surface area is 185 Å². The number of hydrogen-bond donors (Lipinski definition) is 0. The summed E-state index contributed by atoms with van der Waals surface area (Å²) in [6.45, 7) is 5.71. The average molecular weight is 437 g/mol. The van der Waals surface area contributed by atoms with Crippen molar-refractivity contribution >= 4 is 11.6 Å². The number of hydrogen-bond acceptors (Lipinski definition) is 5. The lowest BCUT2D eigenvalue weighted by molar-refractivity contribution is -0.386. The third kappa shape index (κ3) is 3.67. The van der Waals surface area contributed by atoms with E-state index in [9.17, 15) is 19.7 Å². The van der Waals surface area contributed by atoms with Gasteiger partial charge in [0.2, 0.25) is 5.91 Å². The molecule has 168 valence electrons. The molecule has 0 aliphatic carbocycles. The largest absolute Gasteiger partial charge is 0.488 e. The summed E-state index contributed by atoms with van der Waals surface area (Å²) in [5, 5.41) is 11.1. The summed E-state index contributed by atoms with van der Waals surface area (Å²) in [6, 6.07) is 9.00. The highest BCUT2D eigenvalue weighted by Gasteiger charge is 2.37. The minimum Gasteiger partial charge on any atom is -0.488 e. The van der Waals surface area contributed by atoms with Gasteiger partial charge in [-0.25, -0.2) is 0 Å². The van der Waals surface area contributed by atoms with Crippen LogP contribution in [0.1, 0.15) is 49.4 Å². The van der Waals surface area contributed by atoms with Crippen molar-refractivity contribution in [2.24, 2.45) is 5.92 Å². The van der Waals surface area contributed by atoms with Crippen LogP contribution in [0.25, 0.3) is 0 Å². The highest BCUT2D eigenvalue weighted by molar-refractivity contribution is 5.79. The number of carbonyl (C=O) groups excluding carboxylic acids is 1. The van der Waals surface area contributed by atoms with Gasteiger partial charge in [-0.05, 0) is 62.3 Å². The number of ether oxygens (including phenoxy) is 1. The Hall–Kier alpha value is -3.16. The number of amides is 1. The fraction of sp³-hybridized carbons (Fsp3) is 0.500. The Kier molecular flexibility index (Phi) is 4.83. The molecule has 0 saturated carbocycles. The van der Waals surface area contributed by atoms with Crippen LogP contribution in [0.2, 0.25) is 0 Å². The summed E-state index contributed by atoms with van der Waals surface area (Å²) in [5.74, 6) is 1.14. The maximum atomic E-state index is 13.1. The van der Waals surface area contributed by atoms with Crippen LogP contribution < -0.4 is 10.3 Å². The van der Waals surface area contributed by atoms with Gasteiger partial charge in [0.1, 0.15) is 11.4 Å². The highest BCUT2D eigenvalue weighted by atomic mass is 16.6. The van der Waals surface area contributed by atoms with Crippen molar-refractivity contribution in [1.82, 2.24) is 9.47 Å². The number of carbonyl (C=O) groups is 1. The van der Waals surface area contributed by atoms with E-state index in [0.717, 1.165) is 41.8 Å². The van der Waals surface area contributed by atoms with Crippen molar-refractivity contribution in [2.75, 3.05) is 13.1 Å². The van der Waals surface area contributed by atoms with Gasteiger partial charge in [0.15, 0.2) is 0 Å². The van der Waals surface area contributed by atoms with Crippen molar-refractivity contribution in [3.05, 3.63) is 67.6 Å². The second-order valence-corrected chi connectivity index (χ2v) is 9.89. The number of nitrogens with zero attached hydrogens (tertiary/aromatic N) is 3. The number of pyridine rings is 1. The third-order valence-electron chi connectivity index (χ3n) is 7.00. The van der Waals surface area contributed by atoms with E-state index in [1.54, 1.807) is 10.6 Å². The molecular formula is C24H27N3O5. The van der Waals surface area contributed by atoms with Crippen LogP contribution in [0.5, 0.6) is 5.75 Å². The molecule has 4 heterocycles. The molecule has 2 bridgehead atoms. The Balaban J connectivity index is 1.32. The van der Waals surface area contributed by atoms with Gasteiger partial charge in [0.25, 0.3) is 0 Å². The second kappa shape index (κ2) is 7.46.